The van der Waals surface area contributed by atoms with E-state index < -0.39 is 0 Å². The number of methoxy groups -OCH3 is 1. The predicted octanol–water partition coefficient (Wildman–Crippen LogP) is 5.39. The van der Waals surface area contributed by atoms with Crippen LogP contribution in [0.4, 0.5) is 0 Å². The Balaban J connectivity index is 1.46. The molecule has 0 unspecified atom stereocenters. The molecule has 0 aliphatic carbocycles. The average molecular weight is 492 g/mol. The van der Waals surface area contributed by atoms with E-state index in [0.29, 0.717) is 22.2 Å². The van der Waals surface area contributed by atoms with Crippen molar-refractivity contribution in [2.45, 2.75) is 13.5 Å². The van der Waals surface area contributed by atoms with E-state index in [1.165, 1.54) is 11.3 Å². The lowest BCUT2D eigenvalue weighted by Gasteiger charge is -2.07. The van der Waals surface area contributed by atoms with Crippen LogP contribution in [0, 0.1) is 6.92 Å². The molecule has 5 aromatic rings. The molecule has 0 aliphatic rings. The zero-order chi connectivity index (χ0) is 23.8. The number of thiophene rings is 1. The van der Waals surface area contributed by atoms with Crippen molar-refractivity contribution in [2.24, 2.45) is 7.05 Å². The summed E-state index contributed by atoms with van der Waals surface area (Å²) in [5.74, 6) is 0.462. The van der Waals surface area contributed by atoms with Gasteiger partial charge in [0.2, 0.25) is 0 Å². The summed E-state index contributed by atoms with van der Waals surface area (Å²) in [7, 11) is 3.47. The summed E-state index contributed by atoms with van der Waals surface area (Å²) in [4.78, 5) is 14.6. The minimum Gasteiger partial charge on any atom is -0.495 e. The van der Waals surface area contributed by atoms with Crippen LogP contribution in [0.3, 0.4) is 0 Å². The van der Waals surface area contributed by atoms with Crippen molar-refractivity contribution in [3.05, 3.63) is 82.0 Å². The second-order valence-corrected chi connectivity index (χ2v) is 9.29. The van der Waals surface area contributed by atoms with Gasteiger partial charge in [-0.15, -0.1) is 11.3 Å². The van der Waals surface area contributed by atoms with Crippen molar-refractivity contribution < 1.29 is 9.53 Å². The highest BCUT2D eigenvalue weighted by Crippen LogP contribution is 2.32. The van der Waals surface area contributed by atoms with Gasteiger partial charge in [0.25, 0.3) is 5.91 Å². The molecule has 0 bridgehead atoms. The maximum Gasteiger partial charge on any atom is 0.261 e. The summed E-state index contributed by atoms with van der Waals surface area (Å²) in [6.45, 7) is 2.26. The number of carbonyl (C=O) groups excluding carboxylic acids is 1. The fraction of sp³-hybridized carbons (Fsp3) is 0.160. The van der Waals surface area contributed by atoms with Crippen LogP contribution in [0.2, 0.25) is 5.02 Å². The van der Waals surface area contributed by atoms with Crippen molar-refractivity contribution in [2.75, 3.05) is 7.11 Å². The molecule has 34 heavy (non-hydrogen) atoms. The summed E-state index contributed by atoms with van der Waals surface area (Å²) in [6.07, 6.45) is 1.93. The van der Waals surface area contributed by atoms with Crippen molar-refractivity contribution in [1.82, 2.24) is 24.9 Å². The number of aryl methyl sites for hydroxylation is 2. The first kappa shape index (κ1) is 22.2. The highest BCUT2D eigenvalue weighted by molar-refractivity contribution is 7.20. The number of benzene rings is 2. The Morgan fingerprint density at radius 3 is 2.65 bits per heavy atom. The van der Waals surface area contributed by atoms with Crippen LogP contribution >= 0.6 is 22.9 Å². The van der Waals surface area contributed by atoms with Gasteiger partial charge in [-0.05, 0) is 43.3 Å². The molecular formula is C25H22ClN5O2S. The number of hydrogen-bond donors (Lipinski definition) is 1. The van der Waals surface area contributed by atoms with E-state index in [2.05, 4.69) is 10.4 Å². The van der Waals surface area contributed by atoms with Gasteiger partial charge >= 0.3 is 0 Å². The predicted molar refractivity (Wildman–Crippen MR) is 135 cm³/mol. The first-order chi connectivity index (χ1) is 16.4. The molecule has 172 valence electrons. The lowest BCUT2D eigenvalue weighted by Crippen LogP contribution is -2.21. The van der Waals surface area contributed by atoms with Crippen LogP contribution in [-0.4, -0.2) is 32.6 Å². The number of halogens is 1. The van der Waals surface area contributed by atoms with Crippen molar-refractivity contribution in [3.63, 3.8) is 0 Å². The Kier molecular flexibility index (Phi) is 5.85. The number of para-hydroxylation sites is 1. The van der Waals surface area contributed by atoms with Crippen LogP contribution in [-0.2, 0) is 13.6 Å². The zero-order valence-corrected chi connectivity index (χ0v) is 20.4. The fourth-order valence-electron chi connectivity index (χ4n) is 3.89. The minimum absolute atomic E-state index is 0.133. The SMILES string of the molecule is COc1ccc(-c2nn(-c3ccccc3)cc2CNC(=O)c2cc3c(C)nn(C)c3s2)cc1Cl. The third-order valence-corrected chi connectivity index (χ3v) is 7.09. The third kappa shape index (κ3) is 4.06. The summed E-state index contributed by atoms with van der Waals surface area (Å²) in [6, 6.07) is 17.3. The normalized spacial score (nSPS) is 11.2. The van der Waals surface area contributed by atoms with Gasteiger partial charge in [0, 0.05) is 36.3 Å². The Morgan fingerprint density at radius 2 is 1.94 bits per heavy atom. The molecule has 1 N–H and O–H groups in total. The topological polar surface area (TPSA) is 74.0 Å². The second kappa shape index (κ2) is 8.96. The molecule has 3 aromatic heterocycles. The molecule has 2 aromatic carbocycles. The molecule has 5 rings (SSSR count). The largest absolute Gasteiger partial charge is 0.495 e. The highest BCUT2D eigenvalue weighted by atomic mass is 35.5. The van der Waals surface area contributed by atoms with Crippen molar-refractivity contribution in [3.8, 4) is 22.7 Å². The maximum atomic E-state index is 13.0. The summed E-state index contributed by atoms with van der Waals surface area (Å²) >= 11 is 7.81. The van der Waals surface area contributed by atoms with Crippen LogP contribution in [0.5, 0.6) is 5.75 Å². The van der Waals surface area contributed by atoms with E-state index in [1.54, 1.807) is 7.11 Å². The number of nitrogens with zero attached hydrogens (tertiary/aromatic N) is 4. The van der Waals surface area contributed by atoms with Crippen LogP contribution in [0.15, 0.2) is 60.8 Å². The number of amides is 1. The monoisotopic (exact) mass is 491 g/mol. The van der Waals surface area contributed by atoms with Gasteiger partial charge in [0.15, 0.2) is 0 Å². The highest BCUT2D eigenvalue weighted by Gasteiger charge is 2.18. The van der Waals surface area contributed by atoms with Gasteiger partial charge in [0.1, 0.15) is 10.6 Å². The first-order valence-electron chi connectivity index (χ1n) is 10.6. The molecule has 3 heterocycles. The van der Waals surface area contributed by atoms with Gasteiger partial charge in [-0.25, -0.2) is 4.68 Å². The van der Waals surface area contributed by atoms with Crippen LogP contribution in [0.25, 0.3) is 27.2 Å². The number of rotatable bonds is 6. The number of nitrogens with one attached hydrogen (secondary N) is 1. The molecule has 0 radical (unpaired) electrons. The number of ether oxygens (including phenoxy) is 1. The Morgan fingerprint density at radius 1 is 1.15 bits per heavy atom. The molecule has 0 spiro atoms. The van der Waals surface area contributed by atoms with Gasteiger partial charge < -0.3 is 10.1 Å². The average Bonchev–Trinajstić information content (AvgIpc) is 3.54. The van der Waals surface area contributed by atoms with Gasteiger partial charge in [-0.2, -0.15) is 10.2 Å². The quantitative estimate of drug-likeness (QED) is 0.345. The Hall–Kier alpha value is -3.62. The van der Waals surface area contributed by atoms with Gasteiger partial charge in [-0.3, -0.25) is 9.48 Å². The molecule has 0 saturated heterocycles. The van der Waals surface area contributed by atoms with Crippen LogP contribution in [0.1, 0.15) is 20.9 Å². The fourth-order valence-corrected chi connectivity index (χ4v) is 5.19. The Labute approximate surface area is 205 Å². The second-order valence-electron chi connectivity index (χ2n) is 7.85. The van der Waals surface area contributed by atoms with Crippen molar-refractivity contribution >= 4 is 39.1 Å². The number of carbonyl (C=O) groups is 1. The molecule has 0 saturated carbocycles. The zero-order valence-electron chi connectivity index (χ0n) is 18.9. The van der Waals surface area contributed by atoms with E-state index in [9.17, 15) is 4.79 Å². The summed E-state index contributed by atoms with van der Waals surface area (Å²) in [5, 5.41) is 13.8. The molecule has 9 heteroatoms. The summed E-state index contributed by atoms with van der Waals surface area (Å²) in [5.41, 5.74) is 4.29. The smallest absolute Gasteiger partial charge is 0.261 e. The van der Waals surface area contributed by atoms with Crippen LogP contribution < -0.4 is 10.1 Å². The van der Waals surface area contributed by atoms with E-state index in [0.717, 1.165) is 38.4 Å². The molecule has 1 amide bonds. The first-order valence-corrected chi connectivity index (χ1v) is 11.8. The number of aromatic nitrogens is 4. The van der Waals surface area contributed by atoms with E-state index >= 15 is 0 Å². The molecule has 7 nitrogen and oxygen atoms in total. The number of fused-ring (bicyclic) bond motifs is 1. The van der Waals surface area contributed by atoms with E-state index in [1.807, 2.05) is 84.1 Å². The lowest BCUT2D eigenvalue weighted by molar-refractivity contribution is 0.0955. The lowest BCUT2D eigenvalue weighted by atomic mass is 10.1. The van der Waals surface area contributed by atoms with Gasteiger partial charge in [-0.1, -0.05) is 29.8 Å². The van der Waals surface area contributed by atoms with E-state index in [-0.39, 0.29) is 5.91 Å². The van der Waals surface area contributed by atoms with Crippen molar-refractivity contribution in [1.29, 1.82) is 0 Å². The third-order valence-electron chi connectivity index (χ3n) is 5.60. The maximum absolute atomic E-state index is 13.0. The number of hydrogen-bond acceptors (Lipinski definition) is 5. The van der Waals surface area contributed by atoms with Gasteiger partial charge in [0.05, 0.1) is 34.1 Å². The molecule has 0 atom stereocenters. The molecule has 0 aliphatic heterocycles. The van der Waals surface area contributed by atoms with E-state index in [4.69, 9.17) is 21.4 Å². The Bertz CT molecular complexity index is 1470. The molecule has 0 fully saturated rings. The standard InChI is InChI=1S/C25H22ClN5O2S/c1-15-19-12-22(34-25(19)30(2)28-15)24(32)27-13-17-14-31(18-7-5-4-6-8-18)29-23(17)16-9-10-21(33-3)20(26)11-16/h4-12,14H,13H2,1-3H3,(H,27,32). The minimum atomic E-state index is -0.133. The summed E-state index contributed by atoms with van der Waals surface area (Å²) < 4.78 is 8.90. The molecular weight excluding hydrogens is 470 g/mol.